The third kappa shape index (κ3) is 3.27. The number of aromatic nitrogens is 1. The van der Waals surface area contributed by atoms with Crippen molar-refractivity contribution in [2.75, 3.05) is 0 Å². The number of benzene rings is 1. The summed E-state index contributed by atoms with van der Waals surface area (Å²) in [5, 5.41) is 4.34. The molecular weight excluding hydrogens is 274 g/mol. The maximum absolute atomic E-state index is 12.5. The molecule has 0 saturated heterocycles. The molecule has 1 amide bonds. The van der Waals surface area contributed by atoms with Crippen molar-refractivity contribution < 1.29 is 4.79 Å². The highest BCUT2D eigenvalue weighted by Crippen LogP contribution is 2.21. The summed E-state index contributed by atoms with van der Waals surface area (Å²) in [6.45, 7) is 2.23. The summed E-state index contributed by atoms with van der Waals surface area (Å²) in [5.74, 6) is 0.506. The van der Waals surface area contributed by atoms with Gasteiger partial charge in [-0.2, -0.15) is 5.10 Å². The summed E-state index contributed by atoms with van der Waals surface area (Å²) in [5.41, 5.74) is 5.32. The van der Waals surface area contributed by atoms with Gasteiger partial charge in [0.25, 0.3) is 5.91 Å². The van der Waals surface area contributed by atoms with Gasteiger partial charge in [-0.3, -0.25) is 4.79 Å². The van der Waals surface area contributed by atoms with Gasteiger partial charge in [0.1, 0.15) is 0 Å². The fourth-order valence-electron chi connectivity index (χ4n) is 2.94. The summed E-state index contributed by atoms with van der Waals surface area (Å²) >= 11 is 0. The van der Waals surface area contributed by atoms with Gasteiger partial charge in [-0.25, -0.2) is 5.43 Å². The molecule has 1 aromatic heterocycles. The first-order chi connectivity index (χ1) is 10.7. The summed E-state index contributed by atoms with van der Waals surface area (Å²) in [6, 6.07) is 11.5. The molecule has 1 aliphatic carbocycles. The Labute approximate surface area is 130 Å². The number of carbonyl (C=O) groups is 1. The Kier molecular flexibility index (Phi) is 4.37. The second kappa shape index (κ2) is 6.60. The van der Waals surface area contributed by atoms with Gasteiger partial charge in [0, 0.05) is 18.1 Å². The van der Waals surface area contributed by atoms with E-state index in [0.717, 1.165) is 30.7 Å². The molecule has 4 heteroatoms. The number of para-hydroxylation sites is 1. The van der Waals surface area contributed by atoms with E-state index >= 15 is 0 Å². The Morgan fingerprint density at radius 3 is 2.77 bits per heavy atom. The van der Waals surface area contributed by atoms with E-state index in [4.69, 9.17) is 0 Å². The fourth-order valence-corrected chi connectivity index (χ4v) is 2.94. The minimum atomic E-state index is -0.157. The monoisotopic (exact) mass is 295 g/mol. The minimum Gasteiger partial charge on any atom is -0.323 e. The lowest BCUT2D eigenvalue weighted by Gasteiger charge is -2.19. The maximum Gasteiger partial charge on any atom is 0.273 e. The van der Waals surface area contributed by atoms with E-state index in [1.165, 1.54) is 6.42 Å². The van der Waals surface area contributed by atoms with Gasteiger partial charge in [0.15, 0.2) is 0 Å². The molecule has 0 bridgehead atoms. The molecule has 114 valence electrons. The van der Waals surface area contributed by atoms with E-state index in [9.17, 15) is 4.79 Å². The highest BCUT2D eigenvalue weighted by molar-refractivity contribution is 5.98. The van der Waals surface area contributed by atoms with Gasteiger partial charge in [0.05, 0.1) is 11.3 Å². The summed E-state index contributed by atoms with van der Waals surface area (Å²) < 4.78 is 1.94. The van der Waals surface area contributed by atoms with E-state index in [-0.39, 0.29) is 5.91 Å². The van der Waals surface area contributed by atoms with Crippen LogP contribution in [0.5, 0.6) is 0 Å². The van der Waals surface area contributed by atoms with Crippen LogP contribution in [-0.2, 0) is 0 Å². The molecule has 1 heterocycles. The van der Waals surface area contributed by atoms with Gasteiger partial charge in [0.2, 0.25) is 0 Å². The van der Waals surface area contributed by atoms with Crippen LogP contribution in [0, 0.1) is 5.92 Å². The number of carbonyl (C=O) groups excluding carboxylic acids is 1. The van der Waals surface area contributed by atoms with E-state index in [0.29, 0.717) is 11.5 Å². The Hall–Kier alpha value is -2.36. The zero-order chi connectivity index (χ0) is 15.4. The van der Waals surface area contributed by atoms with Gasteiger partial charge in [-0.05, 0) is 55.9 Å². The van der Waals surface area contributed by atoms with Gasteiger partial charge in [-0.1, -0.05) is 19.1 Å². The third-order valence-corrected chi connectivity index (χ3v) is 4.09. The van der Waals surface area contributed by atoms with Crippen molar-refractivity contribution in [2.24, 2.45) is 11.0 Å². The van der Waals surface area contributed by atoms with Crippen LogP contribution < -0.4 is 5.43 Å². The molecule has 1 unspecified atom stereocenters. The van der Waals surface area contributed by atoms with Crippen LogP contribution in [-0.4, -0.2) is 16.2 Å². The van der Waals surface area contributed by atoms with E-state index in [1.54, 1.807) is 0 Å². The number of hydrogen-bond donors (Lipinski definition) is 1. The average molecular weight is 295 g/mol. The van der Waals surface area contributed by atoms with E-state index in [1.807, 2.05) is 53.4 Å². The minimum absolute atomic E-state index is 0.157. The van der Waals surface area contributed by atoms with Gasteiger partial charge < -0.3 is 4.57 Å². The van der Waals surface area contributed by atoms with Gasteiger partial charge >= 0.3 is 0 Å². The smallest absolute Gasteiger partial charge is 0.273 e. The molecule has 1 atom stereocenters. The summed E-state index contributed by atoms with van der Waals surface area (Å²) in [7, 11) is 0. The van der Waals surface area contributed by atoms with Crippen molar-refractivity contribution in [3.05, 3.63) is 54.4 Å². The first-order valence-electron chi connectivity index (χ1n) is 7.82. The Bertz CT molecular complexity index is 673. The molecule has 1 saturated carbocycles. The standard InChI is InChI=1S/C18H21N3O/c1-14-7-6-8-15(13-14)19-20-18(22)16-9-2-3-10-17(16)21-11-4-5-12-21/h2-5,9-12,14H,6-8,13H2,1H3,(H,20,22)/b19-15-. The molecule has 22 heavy (non-hydrogen) atoms. The van der Waals surface area contributed by atoms with E-state index in [2.05, 4.69) is 17.5 Å². The molecule has 4 nitrogen and oxygen atoms in total. The number of hydrogen-bond acceptors (Lipinski definition) is 2. The molecule has 0 spiro atoms. The highest BCUT2D eigenvalue weighted by Gasteiger charge is 2.15. The molecule has 0 aliphatic heterocycles. The van der Waals surface area contributed by atoms with Crippen LogP contribution in [0.2, 0.25) is 0 Å². The summed E-state index contributed by atoms with van der Waals surface area (Å²) in [6.07, 6.45) is 8.25. The third-order valence-electron chi connectivity index (χ3n) is 4.09. The molecule has 2 aromatic rings. The van der Waals surface area contributed by atoms with Crippen LogP contribution in [0.15, 0.2) is 53.9 Å². The molecule has 3 rings (SSSR count). The van der Waals surface area contributed by atoms with Crippen molar-refractivity contribution in [1.82, 2.24) is 9.99 Å². The first kappa shape index (κ1) is 14.6. The molecular formula is C18H21N3O. The highest BCUT2D eigenvalue weighted by atomic mass is 16.2. The summed E-state index contributed by atoms with van der Waals surface area (Å²) in [4.78, 5) is 12.5. The lowest BCUT2D eigenvalue weighted by Crippen LogP contribution is -2.23. The molecule has 1 fully saturated rings. The predicted octanol–water partition coefficient (Wildman–Crippen LogP) is 3.77. The molecule has 1 N–H and O–H groups in total. The van der Waals surface area contributed by atoms with Crippen molar-refractivity contribution in [3.8, 4) is 5.69 Å². The Morgan fingerprint density at radius 2 is 2.00 bits per heavy atom. The average Bonchev–Trinajstić information content (AvgIpc) is 3.07. The normalized spacial score (nSPS) is 20.0. The zero-order valence-corrected chi connectivity index (χ0v) is 12.8. The Morgan fingerprint density at radius 1 is 1.23 bits per heavy atom. The van der Waals surface area contributed by atoms with E-state index < -0.39 is 0 Å². The number of hydrazone groups is 1. The molecule has 1 aliphatic rings. The SMILES string of the molecule is CC1CCC/C(=N/NC(=O)c2ccccc2-n2cccc2)C1. The lowest BCUT2D eigenvalue weighted by molar-refractivity contribution is 0.0954. The topological polar surface area (TPSA) is 46.4 Å². The number of nitrogens with zero attached hydrogens (tertiary/aromatic N) is 2. The first-order valence-corrected chi connectivity index (χ1v) is 7.82. The van der Waals surface area contributed by atoms with Crippen LogP contribution in [0.3, 0.4) is 0 Å². The van der Waals surface area contributed by atoms with Crippen molar-refractivity contribution in [3.63, 3.8) is 0 Å². The zero-order valence-electron chi connectivity index (χ0n) is 12.8. The fraction of sp³-hybridized carbons (Fsp3) is 0.333. The maximum atomic E-state index is 12.5. The number of amides is 1. The van der Waals surface area contributed by atoms with Crippen LogP contribution >= 0.6 is 0 Å². The Balaban J connectivity index is 1.77. The van der Waals surface area contributed by atoms with Crippen LogP contribution in [0.25, 0.3) is 5.69 Å². The van der Waals surface area contributed by atoms with Gasteiger partial charge in [-0.15, -0.1) is 0 Å². The van der Waals surface area contributed by atoms with Crippen molar-refractivity contribution in [1.29, 1.82) is 0 Å². The van der Waals surface area contributed by atoms with Crippen LogP contribution in [0.4, 0.5) is 0 Å². The molecule has 1 aromatic carbocycles. The van der Waals surface area contributed by atoms with Crippen molar-refractivity contribution in [2.45, 2.75) is 32.6 Å². The number of rotatable bonds is 3. The largest absolute Gasteiger partial charge is 0.323 e. The van der Waals surface area contributed by atoms with Crippen molar-refractivity contribution >= 4 is 11.6 Å². The lowest BCUT2D eigenvalue weighted by atomic mass is 9.89. The second-order valence-corrected chi connectivity index (χ2v) is 5.93. The second-order valence-electron chi connectivity index (χ2n) is 5.93. The predicted molar refractivity (Wildman–Crippen MR) is 88.3 cm³/mol. The number of nitrogens with one attached hydrogen (secondary N) is 1. The quantitative estimate of drug-likeness (QED) is 0.861. The van der Waals surface area contributed by atoms with Crippen LogP contribution in [0.1, 0.15) is 43.0 Å². The molecule has 0 radical (unpaired) electrons.